The third kappa shape index (κ3) is 4.07. The molecule has 0 aliphatic carbocycles. The minimum absolute atomic E-state index is 0. The van der Waals surface area contributed by atoms with Gasteiger partial charge in [-0.15, -0.1) is 22.6 Å². The molecule has 1 aliphatic rings. The van der Waals surface area contributed by atoms with Crippen LogP contribution in [0.1, 0.15) is 18.1 Å². The summed E-state index contributed by atoms with van der Waals surface area (Å²) >= 11 is 1.42. The second-order valence-corrected chi connectivity index (χ2v) is 6.96. The van der Waals surface area contributed by atoms with E-state index in [1.807, 2.05) is 6.92 Å². The average Bonchev–Trinajstić information content (AvgIpc) is 2.84. The fraction of sp³-hybridized carbons (Fsp3) is 0.438. The second-order valence-electron chi connectivity index (χ2n) is 5.99. The molecule has 124 valence electrons. The number of carbonyl (C=O) groups excluding carboxylic acids is 1. The van der Waals surface area contributed by atoms with Crippen LogP contribution in [-0.4, -0.2) is 29.2 Å². The molecule has 1 aromatic heterocycles. The van der Waals surface area contributed by atoms with Crippen molar-refractivity contribution in [3.8, 4) is 10.6 Å². The molecule has 1 aromatic carbocycles. The predicted molar refractivity (Wildman–Crippen MR) is 96.2 cm³/mol. The van der Waals surface area contributed by atoms with E-state index in [4.69, 9.17) is 0 Å². The van der Waals surface area contributed by atoms with Crippen LogP contribution in [0.3, 0.4) is 0 Å². The highest BCUT2D eigenvalue weighted by atomic mass is 35.5. The molecule has 23 heavy (non-hydrogen) atoms. The van der Waals surface area contributed by atoms with Crippen LogP contribution in [0.5, 0.6) is 0 Å². The molecule has 1 atom stereocenters. The van der Waals surface area contributed by atoms with Gasteiger partial charge in [0.1, 0.15) is 5.01 Å². The van der Waals surface area contributed by atoms with Crippen molar-refractivity contribution >= 4 is 34.8 Å². The van der Waals surface area contributed by atoms with Gasteiger partial charge in [0, 0.05) is 11.5 Å². The molecule has 1 fully saturated rings. The number of aromatic nitrogens is 2. The van der Waals surface area contributed by atoms with Gasteiger partial charge in [-0.2, -0.15) is 0 Å². The van der Waals surface area contributed by atoms with Crippen LogP contribution in [0.15, 0.2) is 18.2 Å². The SMILES string of the molecule is Cc1cc(C)cc(-c2nnc(NC(=O)C(C)C3CNC3)s2)c1.Cl. The molecule has 2 heterocycles. The maximum absolute atomic E-state index is 12.2. The first-order valence-electron chi connectivity index (χ1n) is 7.46. The van der Waals surface area contributed by atoms with E-state index in [-0.39, 0.29) is 24.2 Å². The maximum Gasteiger partial charge on any atom is 0.229 e. The highest BCUT2D eigenvalue weighted by Gasteiger charge is 2.29. The maximum atomic E-state index is 12.2. The number of rotatable bonds is 4. The van der Waals surface area contributed by atoms with E-state index >= 15 is 0 Å². The van der Waals surface area contributed by atoms with Crippen molar-refractivity contribution in [3.63, 3.8) is 0 Å². The van der Waals surface area contributed by atoms with E-state index in [1.54, 1.807) is 0 Å². The highest BCUT2D eigenvalue weighted by Crippen LogP contribution is 2.28. The predicted octanol–water partition coefficient (Wildman–Crippen LogP) is 3.04. The zero-order valence-corrected chi connectivity index (χ0v) is 15.1. The number of hydrogen-bond acceptors (Lipinski definition) is 5. The molecule has 1 aliphatic heterocycles. The van der Waals surface area contributed by atoms with Gasteiger partial charge in [-0.3, -0.25) is 4.79 Å². The van der Waals surface area contributed by atoms with Crippen molar-refractivity contribution in [2.75, 3.05) is 18.4 Å². The third-order valence-corrected chi connectivity index (χ3v) is 4.95. The number of halogens is 1. The zero-order chi connectivity index (χ0) is 15.7. The molecule has 3 rings (SSSR count). The van der Waals surface area contributed by atoms with Crippen LogP contribution >= 0.6 is 23.7 Å². The van der Waals surface area contributed by atoms with E-state index in [0.29, 0.717) is 11.0 Å². The Morgan fingerprint density at radius 1 is 1.26 bits per heavy atom. The number of aryl methyl sites for hydroxylation is 2. The number of carbonyl (C=O) groups is 1. The molecular formula is C16H21ClN4OS. The molecular weight excluding hydrogens is 332 g/mol. The Morgan fingerprint density at radius 2 is 1.91 bits per heavy atom. The Morgan fingerprint density at radius 3 is 2.48 bits per heavy atom. The first-order valence-corrected chi connectivity index (χ1v) is 8.28. The highest BCUT2D eigenvalue weighted by molar-refractivity contribution is 7.18. The summed E-state index contributed by atoms with van der Waals surface area (Å²) in [5.74, 6) is 0.441. The lowest BCUT2D eigenvalue weighted by Crippen LogP contribution is -2.48. The van der Waals surface area contributed by atoms with Gasteiger partial charge in [0.2, 0.25) is 11.0 Å². The van der Waals surface area contributed by atoms with E-state index in [2.05, 4.69) is 52.9 Å². The minimum Gasteiger partial charge on any atom is -0.316 e. The summed E-state index contributed by atoms with van der Waals surface area (Å²) in [6.07, 6.45) is 0. The van der Waals surface area contributed by atoms with Crippen LogP contribution < -0.4 is 10.6 Å². The molecule has 2 N–H and O–H groups in total. The molecule has 7 heteroatoms. The number of amides is 1. The molecule has 0 bridgehead atoms. The number of benzene rings is 1. The average molecular weight is 353 g/mol. The summed E-state index contributed by atoms with van der Waals surface area (Å²) in [5.41, 5.74) is 3.44. The monoisotopic (exact) mass is 352 g/mol. The van der Waals surface area contributed by atoms with Gasteiger partial charge in [-0.25, -0.2) is 0 Å². The van der Waals surface area contributed by atoms with E-state index in [1.165, 1.54) is 22.5 Å². The van der Waals surface area contributed by atoms with Crippen LogP contribution in [0.2, 0.25) is 0 Å². The van der Waals surface area contributed by atoms with Crippen molar-refractivity contribution in [1.29, 1.82) is 0 Å². The van der Waals surface area contributed by atoms with Gasteiger partial charge in [0.05, 0.1) is 0 Å². The Balaban J connectivity index is 0.00000192. The van der Waals surface area contributed by atoms with Gasteiger partial charge < -0.3 is 10.6 Å². The molecule has 1 unspecified atom stereocenters. The van der Waals surface area contributed by atoms with Crippen molar-refractivity contribution in [1.82, 2.24) is 15.5 Å². The van der Waals surface area contributed by atoms with E-state index < -0.39 is 0 Å². The molecule has 2 aromatic rings. The first-order chi connectivity index (χ1) is 10.5. The smallest absolute Gasteiger partial charge is 0.229 e. The van der Waals surface area contributed by atoms with Gasteiger partial charge in [0.25, 0.3) is 0 Å². The molecule has 5 nitrogen and oxygen atoms in total. The van der Waals surface area contributed by atoms with Crippen LogP contribution in [0, 0.1) is 25.7 Å². The standard InChI is InChI=1S/C16H20N4OS.ClH/c1-9-4-10(2)6-12(5-9)15-19-20-16(22-15)18-14(21)11(3)13-7-17-8-13;/h4-6,11,13,17H,7-8H2,1-3H3,(H,18,20,21);1H. The fourth-order valence-corrected chi connectivity index (χ4v) is 3.32. The Hall–Kier alpha value is -1.50. The van der Waals surface area contributed by atoms with Crippen LogP contribution in [0.4, 0.5) is 5.13 Å². The van der Waals surface area contributed by atoms with Gasteiger partial charge in [-0.05, 0) is 45.0 Å². The normalized spacial score (nSPS) is 15.4. The van der Waals surface area contributed by atoms with E-state index in [9.17, 15) is 4.79 Å². The Kier molecular flexibility index (Phi) is 5.73. The lowest BCUT2D eigenvalue weighted by Gasteiger charge is -2.31. The summed E-state index contributed by atoms with van der Waals surface area (Å²) in [6.45, 7) is 7.92. The van der Waals surface area contributed by atoms with Gasteiger partial charge >= 0.3 is 0 Å². The van der Waals surface area contributed by atoms with Crippen molar-refractivity contribution in [2.45, 2.75) is 20.8 Å². The summed E-state index contributed by atoms with van der Waals surface area (Å²) in [7, 11) is 0. The lowest BCUT2D eigenvalue weighted by atomic mass is 9.88. The number of nitrogens with zero attached hydrogens (tertiary/aromatic N) is 2. The summed E-state index contributed by atoms with van der Waals surface area (Å²) in [5, 5.41) is 15.8. The molecule has 0 saturated carbocycles. The number of anilines is 1. The largest absolute Gasteiger partial charge is 0.316 e. The quantitative estimate of drug-likeness (QED) is 0.887. The molecule has 1 saturated heterocycles. The first kappa shape index (κ1) is 17.8. The van der Waals surface area contributed by atoms with Crippen molar-refractivity contribution in [3.05, 3.63) is 29.3 Å². The van der Waals surface area contributed by atoms with Crippen molar-refractivity contribution < 1.29 is 4.79 Å². The minimum atomic E-state index is -0.00480. The second kappa shape index (κ2) is 7.38. The summed E-state index contributed by atoms with van der Waals surface area (Å²) in [4.78, 5) is 12.2. The van der Waals surface area contributed by atoms with E-state index in [0.717, 1.165) is 23.7 Å². The molecule has 0 spiro atoms. The summed E-state index contributed by atoms with van der Waals surface area (Å²) < 4.78 is 0. The summed E-state index contributed by atoms with van der Waals surface area (Å²) in [6, 6.07) is 6.30. The van der Waals surface area contributed by atoms with Gasteiger partial charge in [0.15, 0.2) is 0 Å². The zero-order valence-electron chi connectivity index (χ0n) is 13.4. The third-order valence-electron chi connectivity index (χ3n) is 4.06. The van der Waals surface area contributed by atoms with Crippen LogP contribution in [-0.2, 0) is 4.79 Å². The van der Waals surface area contributed by atoms with Gasteiger partial charge in [-0.1, -0.05) is 35.5 Å². The molecule has 1 amide bonds. The number of nitrogens with one attached hydrogen (secondary N) is 2. The van der Waals surface area contributed by atoms with Crippen molar-refractivity contribution in [2.24, 2.45) is 11.8 Å². The fourth-order valence-electron chi connectivity index (χ4n) is 2.59. The topological polar surface area (TPSA) is 66.9 Å². The Bertz CT molecular complexity index is 679. The van der Waals surface area contributed by atoms with Crippen LogP contribution in [0.25, 0.3) is 10.6 Å². The lowest BCUT2D eigenvalue weighted by molar-refractivity contribution is -0.121. The Labute approximate surface area is 146 Å². The number of hydrogen-bond donors (Lipinski definition) is 2. The molecule has 0 radical (unpaired) electrons.